The summed E-state index contributed by atoms with van der Waals surface area (Å²) in [6.45, 7) is 13.6. The molecular weight excluding hydrogens is 355 g/mol. The van der Waals surface area contributed by atoms with E-state index in [2.05, 4.69) is 56.1 Å². The van der Waals surface area contributed by atoms with Crippen LogP contribution in [0.2, 0.25) is 0 Å². The van der Waals surface area contributed by atoms with E-state index in [1.54, 1.807) is 7.11 Å². The number of hydrogen-bond acceptors (Lipinski definition) is 3. The summed E-state index contributed by atoms with van der Waals surface area (Å²) in [5.41, 5.74) is 2.78. The van der Waals surface area contributed by atoms with E-state index < -0.39 is 0 Å². The van der Waals surface area contributed by atoms with Crippen molar-refractivity contribution in [3.8, 4) is 5.75 Å². The minimum Gasteiger partial charge on any atom is -0.496 e. The summed E-state index contributed by atoms with van der Waals surface area (Å²) in [6, 6.07) is 7.23. The molecule has 1 heterocycles. The van der Waals surface area contributed by atoms with Gasteiger partial charge in [0.1, 0.15) is 5.75 Å². The van der Waals surface area contributed by atoms with Gasteiger partial charge >= 0.3 is 0 Å². The van der Waals surface area contributed by atoms with E-state index in [1.165, 1.54) is 24.0 Å². The fraction of sp³-hybridized carbons (Fsp3) is 0.700. The molecule has 0 saturated carbocycles. The summed E-state index contributed by atoms with van der Waals surface area (Å²) in [5.74, 6) is 2.33. The van der Waals surface area contributed by atoms with E-state index >= 15 is 0 Å². The molecule has 0 radical (unpaired) electrons. The largest absolute Gasteiger partial charge is 0.496 e. The number of methoxy groups -OCH3 is 1. The Bertz CT molecular complexity index is 489. The van der Waals surface area contributed by atoms with Crippen LogP contribution in [0.4, 0.5) is 0 Å². The van der Waals surface area contributed by atoms with Gasteiger partial charge in [-0.1, -0.05) is 39.8 Å². The topological polar surface area (TPSA) is 24.5 Å². The van der Waals surface area contributed by atoms with E-state index in [9.17, 15) is 0 Å². The second-order valence-corrected chi connectivity index (χ2v) is 7.43. The predicted octanol–water partition coefficient (Wildman–Crippen LogP) is 5.04. The van der Waals surface area contributed by atoms with Crippen molar-refractivity contribution < 1.29 is 4.74 Å². The zero-order chi connectivity index (χ0) is 16.8. The fourth-order valence-corrected chi connectivity index (χ4v) is 3.39. The molecule has 0 bridgehead atoms. The molecule has 1 aliphatic heterocycles. The highest BCUT2D eigenvalue weighted by Gasteiger charge is 2.25. The minimum atomic E-state index is 0. The Morgan fingerprint density at radius 1 is 1.04 bits per heavy atom. The molecule has 1 aromatic rings. The van der Waals surface area contributed by atoms with Crippen molar-refractivity contribution in [1.82, 2.24) is 10.2 Å². The van der Waals surface area contributed by atoms with Crippen molar-refractivity contribution in [2.24, 2.45) is 5.92 Å². The van der Waals surface area contributed by atoms with Gasteiger partial charge in [-0.3, -0.25) is 4.90 Å². The molecule has 0 unspecified atom stereocenters. The SMILES string of the molecule is COc1ccc(C(C)C)cc1[C@@H](CCC(C)C)N1CCNCC1.Cl.Cl. The third-order valence-electron chi connectivity index (χ3n) is 4.89. The van der Waals surface area contributed by atoms with Crippen LogP contribution in [0.25, 0.3) is 0 Å². The zero-order valence-corrected chi connectivity index (χ0v) is 18.0. The Morgan fingerprint density at radius 2 is 1.68 bits per heavy atom. The maximum absolute atomic E-state index is 5.72. The smallest absolute Gasteiger partial charge is 0.123 e. The summed E-state index contributed by atoms with van der Waals surface area (Å²) in [4.78, 5) is 2.64. The minimum absolute atomic E-state index is 0. The molecular formula is C20H36Cl2N2O. The van der Waals surface area contributed by atoms with Crippen molar-refractivity contribution in [2.45, 2.75) is 52.5 Å². The summed E-state index contributed by atoms with van der Waals surface area (Å²) >= 11 is 0. The van der Waals surface area contributed by atoms with Crippen LogP contribution in [0.1, 0.15) is 63.6 Å². The lowest BCUT2D eigenvalue weighted by molar-refractivity contribution is 0.157. The van der Waals surface area contributed by atoms with Gasteiger partial charge in [-0.2, -0.15) is 0 Å². The average Bonchev–Trinajstić information content (AvgIpc) is 2.55. The molecule has 1 fully saturated rings. The van der Waals surface area contributed by atoms with E-state index in [4.69, 9.17) is 4.74 Å². The van der Waals surface area contributed by atoms with E-state index in [-0.39, 0.29) is 24.8 Å². The van der Waals surface area contributed by atoms with Gasteiger partial charge in [-0.25, -0.2) is 0 Å². The van der Waals surface area contributed by atoms with Gasteiger partial charge in [-0.05, 0) is 36.3 Å². The normalized spacial score (nSPS) is 16.3. The molecule has 1 aromatic carbocycles. The van der Waals surface area contributed by atoms with Gasteiger partial charge < -0.3 is 10.1 Å². The summed E-state index contributed by atoms with van der Waals surface area (Å²) < 4.78 is 5.72. The van der Waals surface area contributed by atoms with Gasteiger partial charge in [0.15, 0.2) is 0 Å². The number of piperazine rings is 1. The fourth-order valence-electron chi connectivity index (χ4n) is 3.39. The number of nitrogens with zero attached hydrogens (tertiary/aromatic N) is 1. The summed E-state index contributed by atoms with van der Waals surface area (Å²) in [7, 11) is 1.80. The van der Waals surface area contributed by atoms with E-state index in [1.807, 2.05) is 0 Å². The van der Waals surface area contributed by atoms with Crippen LogP contribution >= 0.6 is 24.8 Å². The van der Waals surface area contributed by atoms with Gasteiger partial charge in [0.05, 0.1) is 7.11 Å². The van der Waals surface area contributed by atoms with Gasteiger partial charge in [0.25, 0.3) is 0 Å². The first kappa shape index (κ1) is 24.5. The molecule has 1 aliphatic rings. The summed E-state index contributed by atoms with van der Waals surface area (Å²) in [5, 5.41) is 3.47. The number of halogens is 2. The quantitative estimate of drug-likeness (QED) is 0.704. The van der Waals surface area contributed by atoms with Gasteiger partial charge in [-0.15, -0.1) is 24.8 Å². The molecule has 146 valence electrons. The molecule has 1 N–H and O–H groups in total. The molecule has 25 heavy (non-hydrogen) atoms. The lowest BCUT2D eigenvalue weighted by Gasteiger charge is -2.36. The van der Waals surface area contributed by atoms with Crippen LogP contribution in [0.5, 0.6) is 5.75 Å². The maximum atomic E-state index is 5.72. The van der Waals surface area contributed by atoms with Gasteiger partial charge in [0.2, 0.25) is 0 Å². The lowest BCUT2D eigenvalue weighted by Crippen LogP contribution is -2.45. The van der Waals surface area contributed by atoms with Gasteiger partial charge in [0, 0.05) is 37.8 Å². The van der Waals surface area contributed by atoms with Crippen LogP contribution in [0.3, 0.4) is 0 Å². The first-order valence-corrected chi connectivity index (χ1v) is 9.15. The highest BCUT2D eigenvalue weighted by molar-refractivity contribution is 5.85. The lowest BCUT2D eigenvalue weighted by atomic mass is 9.91. The Kier molecular flexibility index (Phi) is 11.8. The monoisotopic (exact) mass is 390 g/mol. The predicted molar refractivity (Wildman–Crippen MR) is 113 cm³/mol. The molecule has 1 saturated heterocycles. The molecule has 0 spiro atoms. The third kappa shape index (κ3) is 6.97. The third-order valence-corrected chi connectivity index (χ3v) is 4.89. The first-order chi connectivity index (χ1) is 11.0. The van der Waals surface area contributed by atoms with Crippen molar-refractivity contribution in [3.63, 3.8) is 0 Å². The van der Waals surface area contributed by atoms with Crippen LogP contribution < -0.4 is 10.1 Å². The van der Waals surface area contributed by atoms with Crippen molar-refractivity contribution in [1.29, 1.82) is 0 Å². The van der Waals surface area contributed by atoms with E-state index in [0.29, 0.717) is 12.0 Å². The Balaban J connectivity index is 0.00000288. The Labute approximate surface area is 166 Å². The number of hydrogen-bond donors (Lipinski definition) is 1. The molecule has 5 heteroatoms. The Hall–Kier alpha value is -0.480. The molecule has 2 rings (SSSR count). The van der Waals surface area contributed by atoms with Crippen LogP contribution in [-0.4, -0.2) is 38.2 Å². The standard InChI is InChI=1S/C20H34N2O.2ClH/c1-15(2)6-8-19(22-12-10-21-11-13-22)18-14-17(16(3)4)7-9-20(18)23-5;;/h7,9,14-16,19,21H,6,8,10-13H2,1-5H3;2*1H/t19-;;/m1../s1. The number of benzene rings is 1. The first-order valence-electron chi connectivity index (χ1n) is 9.15. The van der Waals surface area contributed by atoms with Crippen molar-refractivity contribution >= 4 is 24.8 Å². The second kappa shape index (κ2) is 12.0. The molecule has 0 amide bonds. The van der Waals surface area contributed by atoms with Crippen LogP contribution in [-0.2, 0) is 0 Å². The number of nitrogens with one attached hydrogen (secondary N) is 1. The molecule has 1 atom stereocenters. The average molecular weight is 391 g/mol. The number of rotatable bonds is 7. The highest BCUT2D eigenvalue weighted by atomic mass is 35.5. The summed E-state index contributed by atoms with van der Waals surface area (Å²) in [6.07, 6.45) is 2.46. The van der Waals surface area contributed by atoms with Crippen molar-refractivity contribution in [3.05, 3.63) is 29.3 Å². The number of ether oxygens (including phenoxy) is 1. The van der Waals surface area contributed by atoms with Crippen molar-refractivity contribution in [2.75, 3.05) is 33.3 Å². The highest BCUT2D eigenvalue weighted by Crippen LogP contribution is 2.36. The maximum Gasteiger partial charge on any atom is 0.123 e. The molecule has 3 nitrogen and oxygen atoms in total. The van der Waals surface area contributed by atoms with Crippen LogP contribution in [0.15, 0.2) is 18.2 Å². The Morgan fingerprint density at radius 3 is 2.20 bits per heavy atom. The second-order valence-electron chi connectivity index (χ2n) is 7.43. The van der Waals surface area contributed by atoms with E-state index in [0.717, 1.165) is 37.8 Å². The molecule has 0 aromatic heterocycles. The zero-order valence-electron chi connectivity index (χ0n) is 16.4. The molecule has 0 aliphatic carbocycles. The van der Waals surface area contributed by atoms with Crippen LogP contribution in [0, 0.1) is 5.92 Å².